The fourth-order valence-corrected chi connectivity index (χ4v) is 6.89. The lowest BCUT2D eigenvalue weighted by Gasteiger charge is -2.47. The van der Waals surface area contributed by atoms with Crippen LogP contribution in [0.2, 0.25) is 0 Å². The number of ether oxygens (including phenoxy) is 3. The molecule has 2 fully saturated rings. The van der Waals surface area contributed by atoms with Gasteiger partial charge in [-0.05, 0) is 85.1 Å². The Morgan fingerprint density at radius 1 is 1.11 bits per heavy atom. The summed E-state index contributed by atoms with van der Waals surface area (Å²) in [5.74, 6) is 3.06. The van der Waals surface area contributed by atoms with Crippen LogP contribution in [0.15, 0.2) is 12.1 Å². The second-order valence-corrected chi connectivity index (χ2v) is 11.7. The van der Waals surface area contributed by atoms with E-state index in [1.54, 1.807) is 14.2 Å². The van der Waals surface area contributed by atoms with Crippen molar-refractivity contribution in [1.29, 1.82) is 0 Å². The van der Waals surface area contributed by atoms with Crippen molar-refractivity contribution in [3.63, 3.8) is 0 Å². The normalized spacial score (nSPS) is 26.1. The van der Waals surface area contributed by atoms with Gasteiger partial charge in [0.05, 0.1) is 27.2 Å². The van der Waals surface area contributed by atoms with Gasteiger partial charge in [0, 0.05) is 19.1 Å². The first kappa shape index (κ1) is 26.3. The summed E-state index contributed by atoms with van der Waals surface area (Å²) in [4.78, 5) is 15.6. The molecule has 6 heteroatoms. The molecule has 196 valence electrons. The lowest BCUT2D eigenvalue weighted by atomic mass is 9.72. The van der Waals surface area contributed by atoms with Crippen molar-refractivity contribution in [2.45, 2.75) is 77.7 Å². The molecule has 1 aliphatic carbocycles. The number of fused-ring (bicyclic) bond motifs is 3. The molecule has 3 unspecified atom stereocenters. The van der Waals surface area contributed by atoms with Crippen LogP contribution in [0.4, 0.5) is 0 Å². The lowest BCUT2D eigenvalue weighted by molar-refractivity contribution is -0.150. The SMILES string of the molecule is COc1cc2c(cc1OC)C1CC(COC(=O)CC3(CN)CCCCC3)C(CC(C)C)CN1CC2. The molecule has 1 saturated carbocycles. The number of carbonyl (C=O) groups is 1. The molecule has 0 amide bonds. The number of nitrogens with two attached hydrogens (primary N) is 1. The van der Waals surface area contributed by atoms with Crippen LogP contribution in [0.1, 0.15) is 82.4 Å². The number of benzene rings is 1. The van der Waals surface area contributed by atoms with Crippen LogP contribution in [0.25, 0.3) is 0 Å². The van der Waals surface area contributed by atoms with Gasteiger partial charge in [0.25, 0.3) is 0 Å². The summed E-state index contributed by atoms with van der Waals surface area (Å²) in [5, 5.41) is 0. The van der Waals surface area contributed by atoms with Crippen molar-refractivity contribution in [2.75, 3.05) is 40.5 Å². The van der Waals surface area contributed by atoms with Crippen LogP contribution < -0.4 is 15.2 Å². The fourth-order valence-electron chi connectivity index (χ4n) is 6.89. The van der Waals surface area contributed by atoms with Crippen molar-refractivity contribution < 1.29 is 19.0 Å². The highest BCUT2D eigenvalue weighted by molar-refractivity contribution is 5.70. The summed E-state index contributed by atoms with van der Waals surface area (Å²) >= 11 is 0. The Hall–Kier alpha value is -1.79. The number of piperidine rings is 1. The predicted molar refractivity (Wildman–Crippen MR) is 139 cm³/mol. The molecule has 0 aromatic heterocycles. The standard InChI is InChI=1S/C29H46N2O4/c1-20(2)12-22-17-31-11-8-21-14-26(33-3)27(34-4)15-24(21)25(31)13-23(22)18-35-28(32)16-29(19-30)9-6-5-7-10-29/h14-15,20,22-23,25H,5-13,16-19,30H2,1-4H3. The van der Waals surface area contributed by atoms with E-state index in [0.29, 0.717) is 43.4 Å². The highest BCUT2D eigenvalue weighted by Gasteiger charge is 2.40. The quantitative estimate of drug-likeness (QED) is 0.488. The van der Waals surface area contributed by atoms with Crippen LogP contribution in [0.5, 0.6) is 11.5 Å². The summed E-state index contributed by atoms with van der Waals surface area (Å²) in [6, 6.07) is 4.65. The average molecular weight is 487 g/mol. The van der Waals surface area contributed by atoms with Crippen LogP contribution in [0.3, 0.4) is 0 Å². The smallest absolute Gasteiger partial charge is 0.306 e. The lowest BCUT2D eigenvalue weighted by Crippen LogP contribution is -2.47. The molecule has 3 aliphatic rings. The number of hydrogen-bond donors (Lipinski definition) is 1. The second kappa shape index (κ2) is 11.5. The monoisotopic (exact) mass is 486 g/mol. The molecule has 2 aliphatic heterocycles. The number of esters is 1. The topological polar surface area (TPSA) is 74.0 Å². The van der Waals surface area contributed by atoms with E-state index < -0.39 is 0 Å². The van der Waals surface area contributed by atoms with Crippen LogP contribution >= 0.6 is 0 Å². The van der Waals surface area contributed by atoms with Gasteiger partial charge in [0.1, 0.15) is 0 Å². The Labute approximate surface area is 211 Å². The Morgan fingerprint density at radius 2 is 1.83 bits per heavy atom. The third-order valence-corrected chi connectivity index (χ3v) is 8.87. The number of carbonyl (C=O) groups excluding carboxylic acids is 1. The van der Waals surface area contributed by atoms with Gasteiger partial charge in [-0.2, -0.15) is 0 Å². The first-order valence-electron chi connectivity index (χ1n) is 13.7. The molecule has 0 radical (unpaired) electrons. The maximum atomic E-state index is 13.0. The largest absolute Gasteiger partial charge is 0.493 e. The number of methoxy groups -OCH3 is 2. The van der Waals surface area contributed by atoms with Gasteiger partial charge >= 0.3 is 5.97 Å². The van der Waals surface area contributed by atoms with Gasteiger partial charge in [-0.3, -0.25) is 9.69 Å². The highest BCUT2D eigenvalue weighted by Crippen LogP contribution is 2.46. The first-order chi connectivity index (χ1) is 16.9. The molecule has 1 aromatic rings. The number of hydrogen-bond acceptors (Lipinski definition) is 6. The van der Waals surface area contributed by atoms with Gasteiger partial charge in [-0.1, -0.05) is 33.1 Å². The molecular weight excluding hydrogens is 440 g/mol. The molecule has 1 aromatic carbocycles. The Balaban J connectivity index is 1.48. The molecule has 35 heavy (non-hydrogen) atoms. The molecule has 4 rings (SSSR count). The Kier molecular flexibility index (Phi) is 8.64. The molecule has 0 bridgehead atoms. The Morgan fingerprint density at radius 3 is 2.49 bits per heavy atom. The van der Waals surface area contributed by atoms with Crippen molar-refractivity contribution >= 4 is 5.97 Å². The van der Waals surface area contributed by atoms with Gasteiger partial charge in [-0.15, -0.1) is 0 Å². The molecule has 3 atom stereocenters. The van der Waals surface area contributed by atoms with E-state index >= 15 is 0 Å². The molecule has 2 heterocycles. The van der Waals surface area contributed by atoms with Crippen LogP contribution in [-0.2, 0) is 16.0 Å². The fraction of sp³-hybridized carbons (Fsp3) is 0.759. The summed E-state index contributed by atoms with van der Waals surface area (Å²) in [6.07, 6.45) is 9.39. The zero-order valence-electron chi connectivity index (χ0n) is 22.3. The van der Waals surface area contributed by atoms with Crippen molar-refractivity contribution in [2.24, 2.45) is 28.9 Å². The van der Waals surface area contributed by atoms with Crippen molar-refractivity contribution in [3.05, 3.63) is 23.3 Å². The van der Waals surface area contributed by atoms with Gasteiger partial charge in [0.2, 0.25) is 0 Å². The van der Waals surface area contributed by atoms with Crippen LogP contribution in [0, 0.1) is 23.2 Å². The summed E-state index contributed by atoms with van der Waals surface area (Å²) in [7, 11) is 3.40. The molecule has 0 spiro atoms. The minimum atomic E-state index is -0.0569. The second-order valence-electron chi connectivity index (χ2n) is 11.7. The van der Waals surface area contributed by atoms with Gasteiger partial charge in [-0.25, -0.2) is 0 Å². The molecule has 6 nitrogen and oxygen atoms in total. The van der Waals surface area contributed by atoms with E-state index in [-0.39, 0.29) is 11.4 Å². The van der Waals surface area contributed by atoms with Crippen LogP contribution in [-0.4, -0.2) is 51.3 Å². The molecule has 2 N–H and O–H groups in total. The zero-order chi connectivity index (χ0) is 25.0. The zero-order valence-corrected chi connectivity index (χ0v) is 22.3. The van der Waals surface area contributed by atoms with E-state index in [9.17, 15) is 4.79 Å². The van der Waals surface area contributed by atoms with Gasteiger partial charge in [0.15, 0.2) is 11.5 Å². The van der Waals surface area contributed by atoms with Crippen molar-refractivity contribution in [1.82, 2.24) is 4.90 Å². The van der Waals surface area contributed by atoms with Gasteiger partial charge < -0.3 is 19.9 Å². The maximum Gasteiger partial charge on any atom is 0.306 e. The third-order valence-electron chi connectivity index (χ3n) is 8.87. The summed E-state index contributed by atoms with van der Waals surface area (Å²) in [6.45, 7) is 7.82. The first-order valence-corrected chi connectivity index (χ1v) is 13.7. The third kappa shape index (κ3) is 5.96. The average Bonchev–Trinajstić information content (AvgIpc) is 2.86. The maximum absolute atomic E-state index is 13.0. The van der Waals surface area contributed by atoms with E-state index in [4.69, 9.17) is 19.9 Å². The van der Waals surface area contributed by atoms with E-state index in [2.05, 4.69) is 30.9 Å². The van der Waals surface area contributed by atoms with E-state index in [1.807, 2.05) is 0 Å². The summed E-state index contributed by atoms with van der Waals surface area (Å²) in [5.41, 5.74) is 8.78. The number of rotatable bonds is 9. The molecule has 1 saturated heterocycles. The minimum absolute atomic E-state index is 0.0477. The van der Waals surface area contributed by atoms with E-state index in [0.717, 1.165) is 56.7 Å². The number of nitrogens with zero attached hydrogens (tertiary/aromatic N) is 1. The predicted octanol–water partition coefficient (Wildman–Crippen LogP) is 5.13. The Bertz CT molecular complexity index is 864. The minimum Gasteiger partial charge on any atom is -0.493 e. The highest BCUT2D eigenvalue weighted by atomic mass is 16.5. The molecular formula is C29H46N2O4. The summed E-state index contributed by atoms with van der Waals surface area (Å²) < 4.78 is 17.2. The van der Waals surface area contributed by atoms with E-state index in [1.165, 1.54) is 30.4 Å². The van der Waals surface area contributed by atoms with Crippen molar-refractivity contribution in [3.8, 4) is 11.5 Å².